The zero-order valence-corrected chi connectivity index (χ0v) is 15.4. The summed E-state index contributed by atoms with van der Waals surface area (Å²) in [6.07, 6.45) is 0. The third-order valence-electron chi connectivity index (χ3n) is 3.36. The second-order valence-corrected chi connectivity index (χ2v) is 5.19. The Hall–Kier alpha value is -2.48. The van der Waals surface area contributed by atoms with Crippen molar-refractivity contribution in [2.75, 3.05) is 61.2 Å². The molecule has 0 unspecified atom stereocenters. The van der Waals surface area contributed by atoms with Gasteiger partial charge >= 0.3 is 0 Å². The van der Waals surface area contributed by atoms with Crippen molar-refractivity contribution in [3.63, 3.8) is 0 Å². The maximum atomic E-state index is 11.7. The first kappa shape index (κ1) is 20.6. The van der Waals surface area contributed by atoms with E-state index < -0.39 is 0 Å². The molecule has 0 aromatic heterocycles. The van der Waals surface area contributed by atoms with E-state index in [0.29, 0.717) is 32.3 Å². The van der Waals surface area contributed by atoms with E-state index in [9.17, 15) is 4.79 Å². The van der Waals surface area contributed by atoms with E-state index in [4.69, 9.17) is 14.2 Å². The normalized spacial score (nSPS) is 11.0. The van der Waals surface area contributed by atoms with Gasteiger partial charge in [0.15, 0.2) is 5.96 Å². The molecule has 0 fully saturated rings. The number of hydrogen-bond acceptors (Lipinski definition) is 5. The van der Waals surface area contributed by atoms with E-state index in [0.717, 1.165) is 11.5 Å². The Balaban J connectivity index is 2.30. The Morgan fingerprint density at radius 3 is 2.40 bits per heavy atom. The Bertz CT molecular complexity index is 534. The summed E-state index contributed by atoms with van der Waals surface area (Å²) in [5.41, 5.74) is 0. The number of nitrogens with zero attached hydrogens (tertiary/aromatic N) is 2. The van der Waals surface area contributed by atoms with Crippen molar-refractivity contribution < 1.29 is 19.0 Å². The third-order valence-corrected chi connectivity index (χ3v) is 3.36. The van der Waals surface area contributed by atoms with Gasteiger partial charge in [0.2, 0.25) is 5.91 Å². The van der Waals surface area contributed by atoms with Crippen LogP contribution in [0.25, 0.3) is 0 Å². The highest BCUT2D eigenvalue weighted by atomic mass is 16.5. The van der Waals surface area contributed by atoms with Gasteiger partial charge in [-0.15, -0.1) is 0 Å². The lowest BCUT2D eigenvalue weighted by Crippen LogP contribution is -2.45. The average molecular weight is 352 g/mol. The molecule has 1 amide bonds. The number of rotatable bonds is 10. The number of hydrogen-bond donors (Lipinski definition) is 2. The van der Waals surface area contributed by atoms with Gasteiger partial charge in [-0.2, -0.15) is 0 Å². The molecule has 0 spiro atoms. The second-order valence-electron chi connectivity index (χ2n) is 5.19. The number of methoxy groups -OCH3 is 2. The summed E-state index contributed by atoms with van der Waals surface area (Å²) in [5.74, 6) is 2.08. The van der Waals surface area contributed by atoms with E-state index in [1.54, 1.807) is 21.3 Å². The third kappa shape index (κ3) is 8.25. The zero-order valence-electron chi connectivity index (χ0n) is 15.4. The van der Waals surface area contributed by atoms with Crippen molar-refractivity contribution >= 4 is 11.9 Å². The topological polar surface area (TPSA) is 84.4 Å². The number of ether oxygens (including phenoxy) is 3. The molecule has 2 N–H and O–H groups in total. The van der Waals surface area contributed by atoms with Crippen molar-refractivity contribution in [3.05, 3.63) is 24.3 Å². The molecule has 0 aliphatic carbocycles. The van der Waals surface area contributed by atoms with E-state index in [-0.39, 0.29) is 12.5 Å². The van der Waals surface area contributed by atoms with Crippen LogP contribution in [-0.2, 0) is 9.53 Å². The first-order valence-corrected chi connectivity index (χ1v) is 8.05. The molecule has 0 radical (unpaired) electrons. The molecule has 25 heavy (non-hydrogen) atoms. The molecule has 1 aromatic carbocycles. The van der Waals surface area contributed by atoms with Crippen LogP contribution in [0.3, 0.4) is 0 Å². The van der Waals surface area contributed by atoms with Crippen LogP contribution in [0.4, 0.5) is 0 Å². The fourth-order valence-corrected chi connectivity index (χ4v) is 1.98. The monoisotopic (exact) mass is 352 g/mol. The lowest BCUT2D eigenvalue weighted by atomic mass is 10.3. The molecule has 8 heteroatoms. The molecule has 140 valence electrons. The molecule has 1 rings (SSSR count). The van der Waals surface area contributed by atoms with E-state index in [1.165, 1.54) is 0 Å². The zero-order chi connectivity index (χ0) is 18.5. The van der Waals surface area contributed by atoms with E-state index in [2.05, 4.69) is 15.6 Å². The van der Waals surface area contributed by atoms with Crippen LogP contribution in [0.1, 0.15) is 0 Å². The molecular weight excluding hydrogens is 324 g/mol. The predicted octanol–water partition coefficient (Wildman–Crippen LogP) is 0.344. The Kier molecular flexibility index (Phi) is 9.84. The minimum atomic E-state index is -0.110. The Morgan fingerprint density at radius 1 is 1.12 bits per heavy atom. The van der Waals surface area contributed by atoms with Gasteiger partial charge in [-0.05, 0) is 24.3 Å². The number of guanidine groups is 1. The van der Waals surface area contributed by atoms with Gasteiger partial charge in [-0.25, -0.2) is 0 Å². The molecule has 0 heterocycles. The summed E-state index contributed by atoms with van der Waals surface area (Å²) >= 11 is 0. The van der Waals surface area contributed by atoms with Gasteiger partial charge in [0, 0.05) is 27.7 Å². The SMILES string of the molecule is CN=C(NCC(=O)NCCOC)N(C)CCOc1ccc(OC)cc1. The van der Waals surface area contributed by atoms with Crippen LogP contribution in [0, 0.1) is 0 Å². The number of carbonyl (C=O) groups is 1. The van der Waals surface area contributed by atoms with Crippen LogP contribution in [-0.4, -0.2) is 77.9 Å². The predicted molar refractivity (Wildman–Crippen MR) is 97.4 cm³/mol. The number of likely N-dealkylation sites (N-methyl/N-ethyl adjacent to an activating group) is 1. The van der Waals surface area contributed by atoms with Gasteiger partial charge in [0.1, 0.15) is 18.1 Å². The minimum absolute atomic E-state index is 0.110. The fraction of sp³-hybridized carbons (Fsp3) is 0.529. The lowest BCUT2D eigenvalue weighted by Gasteiger charge is -2.22. The molecule has 0 atom stereocenters. The largest absolute Gasteiger partial charge is 0.497 e. The van der Waals surface area contributed by atoms with Gasteiger partial charge < -0.3 is 29.7 Å². The standard InChI is InChI=1S/C17H28N4O4/c1-18-17(20-13-16(22)19-9-11-23-3)21(2)10-12-25-15-7-5-14(24-4)6-8-15/h5-8H,9-13H2,1-4H3,(H,18,20)(H,19,22). The highest BCUT2D eigenvalue weighted by Gasteiger charge is 2.08. The van der Waals surface area contributed by atoms with Crippen molar-refractivity contribution in [2.45, 2.75) is 0 Å². The molecule has 0 aliphatic rings. The Labute approximate surface area is 149 Å². The van der Waals surface area contributed by atoms with Gasteiger partial charge in [-0.1, -0.05) is 0 Å². The maximum absolute atomic E-state index is 11.7. The molecule has 0 saturated carbocycles. The fourth-order valence-electron chi connectivity index (χ4n) is 1.98. The smallest absolute Gasteiger partial charge is 0.239 e. The molecule has 0 saturated heterocycles. The summed E-state index contributed by atoms with van der Waals surface area (Å²) in [4.78, 5) is 17.7. The second kappa shape index (κ2) is 12.0. The van der Waals surface area contributed by atoms with Crippen molar-refractivity contribution in [3.8, 4) is 11.5 Å². The number of nitrogens with one attached hydrogen (secondary N) is 2. The molecular formula is C17H28N4O4. The highest BCUT2D eigenvalue weighted by Crippen LogP contribution is 2.16. The molecule has 1 aromatic rings. The van der Waals surface area contributed by atoms with Crippen molar-refractivity contribution in [1.82, 2.24) is 15.5 Å². The van der Waals surface area contributed by atoms with Gasteiger partial charge in [-0.3, -0.25) is 9.79 Å². The summed E-state index contributed by atoms with van der Waals surface area (Å²) in [7, 11) is 6.78. The summed E-state index contributed by atoms with van der Waals surface area (Å²) < 4.78 is 15.7. The van der Waals surface area contributed by atoms with Crippen LogP contribution in [0.5, 0.6) is 11.5 Å². The number of carbonyl (C=O) groups excluding carboxylic acids is 1. The lowest BCUT2D eigenvalue weighted by molar-refractivity contribution is -0.120. The molecule has 0 bridgehead atoms. The highest BCUT2D eigenvalue weighted by molar-refractivity contribution is 5.86. The minimum Gasteiger partial charge on any atom is -0.497 e. The quantitative estimate of drug-likeness (QED) is 0.359. The number of benzene rings is 1. The molecule has 8 nitrogen and oxygen atoms in total. The van der Waals surface area contributed by atoms with Crippen molar-refractivity contribution in [1.29, 1.82) is 0 Å². The van der Waals surface area contributed by atoms with Crippen LogP contribution in [0.2, 0.25) is 0 Å². The van der Waals surface area contributed by atoms with Gasteiger partial charge in [0.25, 0.3) is 0 Å². The van der Waals surface area contributed by atoms with Gasteiger partial charge in [0.05, 0.1) is 26.8 Å². The van der Waals surface area contributed by atoms with Crippen LogP contribution in [0.15, 0.2) is 29.3 Å². The van der Waals surface area contributed by atoms with Crippen LogP contribution < -0.4 is 20.1 Å². The number of amides is 1. The summed E-state index contributed by atoms with van der Waals surface area (Å²) in [6.45, 7) is 2.24. The maximum Gasteiger partial charge on any atom is 0.239 e. The van der Waals surface area contributed by atoms with E-state index >= 15 is 0 Å². The summed E-state index contributed by atoms with van der Waals surface area (Å²) in [5, 5.41) is 5.75. The Morgan fingerprint density at radius 2 is 1.80 bits per heavy atom. The first-order valence-electron chi connectivity index (χ1n) is 8.05. The van der Waals surface area contributed by atoms with Crippen molar-refractivity contribution in [2.24, 2.45) is 4.99 Å². The average Bonchev–Trinajstić information content (AvgIpc) is 2.63. The van der Waals surface area contributed by atoms with Crippen LogP contribution >= 0.6 is 0 Å². The van der Waals surface area contributed by atoms with E-state index in [1.807, 2.05) is 36.2 Å². The molecule has 0 aliphatic heterocycles. The number of aliphatic imine (C=N–C) groups is 1. The summed E-state index contributed by atoms with van der Waals surface area (Å²) in [6, 6.07) is 7.41. The first-order chi connectivity index (χ1) is 12.1.